The van der Waals surface area contributed by atoms with Crippen molar-refractivity contribution in [3.63, 3.8) is 0 Å². The smallest absolute Gasteiger partial charge is 0.256 e. The third kappa shape index (κ3) is 3.27. The zero-order valence-corrected chi connectivity index (χ0v) is 14.3. The molecular formula is C18H23N3O3. The molecule has 0 unspecified atom stereocenters. The fourth-order valence-corrected chi connectivity index (χ4v) is 3.32. The molecule has 1 aromatic carbocycles. The summed E-state index contributed by atoms with van der Waals surface area (Å²) in [6.45, 7) is 6.37. The molecule has 1 fully saturated rings. The topological polar surface area (TPSA) is 78.5 Å². The molecule has 0 radical (unpaired) electrons. The lowest BCUT2D eigenvalue weighted by atomic mass is 9.92. The average Bonchev–Trinajstić information content (AvgIpc) is 2.85. The minimum absolute atomic E-state index is 0.0431. The van der Waals surface area contributed by atoms with Crippen LogP contribution in [0, 0.1) is 5.41 Å². The summed E-state index contributed by atoms with van der Waals surface area (Å²) < 4.78 is 0. The number of benzene rings is 1. The van der Waals surface area contributed by atoms with Gasteiger partial charge in [0, 0.05) is 19.0 Å². The van der Waals surface area contributed by atoms with E-state index in [1.54, 1.807) is 29.2 Å². The molecule has 1 aromatic rings. The third-order valence-corrected chi connectivity index (χ3v) is 4.34. The molecule has 2 aliphatic rings. The van der Waals surface area contributed by atoms with Crippen LogP contribution in [-0.4, -0.2) is 41.2 Å². The number of carbonyl (C=O) groups is 3. The van der Waals surface area contributed by atoms with E-state index >= 15 is 0 Å². The Labute approximate surface area is 141 Å². The van der Waals surface area contributed by atoms with Crippen LogP contribution in [0.3, 0.4) is 0 Å². The zero-order valence-electron chi connectivity index (χ0n) is 14.3. The number of carbonyl (C=O) groups excluding carboxylic acids is 3. The van der Waals surface area contributed by atoms with E-state index in [4.69, 9.17) is 0 Å². The van der Waals surface area contributed by atoms with Crippen LogP contribution in [0.4, 0.5) is 5.69 Å². The van der Waals surface area contributed by atoms with Gasteiger partial charge in [-0.25, -0.2) is 0 Å². The van der Waals surface area contributed by atoms with Gasteiger partial charge in [0.15, 0.2) is 0 Å². The van der Waals surface area contributed by atoms with Crippen LogP contribution in [0.1, 0.15) is 44.0 Å². The van der Waals surface area contributed by atoms with E-state index in [0.29, 0.717) is 30.6 Å². The Bertz CT molecular complexity index is 693. The maximum atomic E-state index is 12.7. The summed E-state index contributed by atoms with van der Waals surface area (Å²) in [5.74, 6) is -0.402. The SMILES string of the molecule is CC(C)(C)CC(=O)N[C@@H]1C[C@@H]2C(=O)Nc3ccccc3C(=O)N2C1. The second-order valence-electron chi connectivity index (χ2n) is 7.75. The molecule has 0 aromatic heterocycles. The molecule has 3 rings (SSSR count). The molecule has 128 valence electrons. The lowest BCUT2D eigenvalue weighted by Gasteiger charge is -2.21. The van der Waals surface area contributed by atoms with Crippen molar-refractivity contribution in [2.24, 2.45) is 5.41 Å². The lowest BCUT2D eigenvalue weighted by molar-refractivity contribution is -0.123. The molecule has 2 aliphatic heterocycles. The summed E-state index contributed by atoms with van der Waals surface area (Å²) in [4.78, 5) is 38.9. The maximum Gasteiger partial charge on any atom is 0.256 e. The summed E-state index contributed by atoms with van der Waals surface area (Å²) in [6.07, 6.45) is 0.860. The first-order chi connectivity index (χ1) is 11.2. The Kier molecular flexibility index (Phi) is 4.07. The highest BCUT2D eigenvalue weighted by Gasteiger charge is 2.43. The Hall–Kier alpha value is -2.37. The third-order valence-electron chi connectivity index (χ3n) is 4.34. The molecule has 0 bridgehead atoms. The first kappa shape index (κ1) is 16.5. The second-order valence-corrected chi connectivity index (χ2v) is 7.75. The Morgan fingerprint density at radius 2 is 2.00 bits per heavy atom. The van der Waals surface area contributed by atoms with E-state index in [2.05, 4.69) is 10.6 Å². The van der Waals surface area contributed by atoms with E-state index in [1.807, 2.05) is 20.8 Å². The molecule has 2 N–H and O–H groups in total. The van der Waals surface area contributed by atoms with Crippen molar-refractivity contribution in [2.75, 3.05) is 11.9 Å². The van der Waals surface area contributed by atoms with E-state index in [1.165, 1.54) is 0 Å². The van der Waals surface area contributed by atoms with Crippen molar-refractivity contribution in [3.05, 3.63) is 29.8 Å². The van der Waals surface area contributed by atoms with Gasteiger partial charge >= 0.3 is 0 Å². The first-order valence-corrected chi connectivity index (χ1v) is 8.25. The predicted octanol–water partition coefficient (Wildman–Crippen LogP) is 1.77. The monoisotopic (exact) mass is 329 g/mol. The summed E-state index contributed by atoms with van der Waals surface area (Å²) in [5, 5.41) is 5.79. The lowest BCUT2D eigenvalue weighted by Crippen LogP contribution is -2.41. The molecule has 0 spiro atoms. The van der Waals surface area contributed by atoms with Gasteiger partial charge in [-0.2, -0.15) is 0 Å². The highest BCUT2D eigenvalue weighted by Crippen LogP contribution is 2.29. The number of nitrogens with one attached hydrogen (secondary N) is 2. The second kappa shape index (κ2) is 5.92. The van der Waals surface area contributed by atoms with Crippen molar-refractivity contribution in [1.82, 2.24) is 10.2 Å². The van der Waals surface area contributed by atoms with Crippen LogP contribution in [0.5, 0.6) is 0 Å². The van der Waals surface area contributed by atoms with Gasteiger partial charge in [0.2, 0.25) is 11.8 Å². The van der Waals surface area contributed by atoms with Gasteiger partial charge in [-0.05, 0) is 24.0 Å². The van der Waals surface area contributed by atoms with Crippen molar-refractivity contribution in [1.29, 1.82) is 0 Å². The molecule has 0 saturated carbocycles. The van der Waals surface area contributed by atoms with Gasteiger partial charge in [0.25, 0.3) is 5.91 Å². The van der Waals surface area contributed by atoms with E-state index in [9.17, 15) is 14.4 Å². The number of hydrogen-bond acceptors (Lipinski definition) is 3. The predicted molar refractivity (Wildman–Crippen MR) is 90.5 cm³/mol. The van der Waals surface area contributed by atoms with E-state index < -0.39 is 6.04 Å². The number of rotatable bonds is 2. The number of para-hydroxylation sites is 1. The van der Waals surface area contributed by atoms with E-state index in [0.717, 1.165) is 0 Å². The maximum absolute atomic E-state index is 12.7. The molecule has 0 aliphatic carbocycles. The zero-order chi connectivity index (χ0) is 17.5. The molecule has 6 heteroatoms. The van der Waals surface area contributed by atoms with Crippen molar-refractivity contribution in [3.8, 4) is 0 Å². The largest absolute Gasteiger partial charge is 0.351 e. The van der Waals surface area contributed by atoms with Gasteiger partial charge in [0.1, 0.15) is 6.04 Å². The molecule has 3 amide bonds. The normalized spacial score (nSPS) is 23.2. The van der Waals surface area contributed by atoms with Gasteiger partial charge in [-0.1, -0.05) is 32.9 Å². The summed E-state index contributed by atoms with van der Waals surface area (Å²) in [7, 11) is 0. The fourth-order valence-electron chi connectivity index (χ4n) is 3.32. The van der Waals surface area contributed by atoms with Gasteiger partial charge in [0.05, 0.1) is 11.3 Å². The number of amides is 3. The van der Waals surface area contributed by atoms with Crippen molar-refractivity contribution in [2.45, 2.75) is 45.7 Å². The van der Waals surface area contributed by atoms with Crippen LogP contribution in [0.15, 0.2) is 24.3 Å². The first-order valence-electron chi connectivity index (χ1n) is 8.25. The van der Waals surface area contributed by atoms with Gasteiger partial charge < -0.3 is 15.5 Å². The van der Waals surface area contributed by atoms with Crippen LogP contribution in [0.2, 0.25) is 0 Å². The highest BCUT2D eigenvalue weighted by atomic mass is 16.2. The fraction of sp³-hybridized carbons (Fsp3) is 0.500. The Morgan fingerprint density at radius 3 is 2.71 bits per heavy atom. The highest BCUT2D eigenvalue weighted by molar-refractivity contribution is 6.10. The molecule has 2 atom stereocenters. The number of hydrogen-bond donors (Lipinski definition) is 2. The Balaban J connectivity index is 1.75. The summed E-state index contributed by atoms with van der Waals surface area (Å²) >= 11 is 0. The van der Waals surface area contributed by atoms with Crippen molar-refractivity contribution >= 4 is 23.4 Å². The minimum atomic E-state index is -0.537. The van der Waals surface area contributed by atoms with E-state index in [-0.39, 0.29) is 29.2 Å². The number of fused-ring (bicyclic) bond motifs is 2. The van der Waals surface area contributed by atoms with Crippen molar-refractivity contribution < 1.29 is 14.4 Å². The van der Waals surface area contributed by atoms with Crippen LogP contribution in [0.25, 0.3) is 0 Å². The average molecular weight is 329 g/mol. The summed E-state index contributed by atoms with van der Waals surface area (Å²) in [5.41, 5.74) is 0.949. The van der Waals surface area contributed by atoms with Crippen LogP contribution in [-0.2, 0) is 9.59 Å². The molecule has 24 heavy (non-hydrogen) atoms. The molecular weight excluding hydrogens is 306 g/mol. The van der Waals surface area contributed by atoms with Crippen LogP contribution >= 0.6 is 0 Å². The summed E-state index contributed by atoms with van der Waals surface area (Å²) in [6, 6.07) is 6.29. The molecule has 2 heterocycles. The molecule has 6 nitrogen and oxygen atoms in total. The van der Waals surface area contributed by atoms with Crippen LogP contribution < -0.4 is 10.6 Å². The number of anilines is 1. The standard InChI is InChI=1S/C18H23N3O3/c1-18(2,3)9-15(22)19-11-8-14-16(23)20-13-7-5-4-6-12(13)17(24)21(14)10-11/h4-7,11,14H,8-10H2,1-3H3,(H,19,22)(H,20,23)/t11-,14-/m1/s1. The van der Waals surface area contributed by atoms with Gasteiger partial charge in [-0.3, -0.25) is 14.4 Å². The number of nitrogens with zero attached hydrogens (tertiary/aromatic N) is 1. The Morgan fingerprint density at radius 1 is 1.29 bits per heavy atom. The molecule has 1 saturated heterocycles. The quantitative estimate of drug-likeness (QED) is 0.868. The minimum Gasteiger partial charge on any atom is -0.351 e. The van der Waals surface area contributed by atoms with Gasteiger partial charge in [-0.15, -0.1) is 0 Å².